The predicted octanol–water partition coefficient (Wildman–Crippen LogP) is 5.28. The first kappa shape index (κ1) is 23.0. The second kappa shape index (κ2) is 8.97. The zero-order valence-electron chi connectivity index (χ0n) is 17.9. The highest BCUT2D eigenvalue weighted by Crippen LogP contribution is 2.25. The van der Waals surface area contributed by atoms with E-state index in [4.69, 9.17) is 4.74 Å². The maximum Gasteiger partial charge on any atom is 0.338 e. The van der Waals surface area contributed by atoms with E-state index >= 15 is 0 Å². The smallest absolute Gasteiger partial charge is 0.338 e. The van der Waals surface area contributed by atoms with Gasteiger partial charge in [-0.3, -0.25) is 4.79 Å². The topological polar surface area (TPSA) is 84.1 Å². The number of H-pyrrole nitrogens is 1. The van der Waals surface area contributed by atoms with E-state index < -0.39 is 46.9 Å². The van der Waals surface area contributed by atoms with Gasteiger partial charge in [0.1, 0.15) is 11.5 Å². The molecule has 34 heavy (non-hydrogen) atoms. The summed E-state index contributed by atoms with van der Waals surface area (Å²) in [6.45, 7) is 3.11. The van der Waals surface area contributed by atoms with Gasteiger partial charge in [0, 0.05) is 11.6 Å². The molecule has 0 aliphatic rings. The number of imidazole rings is 1. The molecule has 0 bridgehead atoms. The summed E-state index contributed by atoms with van der Waals surface area (Å²) in [4.78, 5) is 32.3. The number of halogens is 4. The number of esters is 1. The number of aryl methyl sites for hydroxylation is 1. The van der Waals surface area contributed by atoms with Gasteiger partial charge in [0.25, 0.3) is 5.91 Å². The van der Waals surface area contributed by atoms with Gasteiger partial charge in [0.05, 0.1) is 16.6 Å². The third-order valence-corrected chi connectivity index (χ3v) is 5.06. The molecule has 10 heteroatoms. The highest BCUT2D eigenvalue weighted by atomic mass is 19.2. The number of carbonyl (C=O) groups excluding carboxylic acids is 2. The first-order chi connectivity index (χ1) is 16.1. The van der Waals surface area contributed by atoms with Crippen molar-refractivity contribution in [3.05, 3.63) is 82.9 Å². The van der Waals surface area contributed by atoms with Crippen molar-refractivity contribution in [1.29, 1.82) is 0 Å². The molecule has 0 saturated carbocycles. The number of nitrogens with zero attached hydrogens (tertiary/aromatic N) is 1. The summed E-state index contributed by atoms with van der Waals surface area (Å²) in [5, 5.41) is 1.71. The zero-order valence-corrected chi connectivity index (χ0v) is 17.9. The van der Waals surface area contributed by atoms with E-state index in [-0.39, 0.29) is 11.6 Å². The van der Waals surface area contributed by atoms with Crippen molar-refractivity contribution in [3.63, 3.8) is 0 Å². The number of hydrogen-bond acceptors (Lipinski definition) is 4. The van der Waals surface area contributed by atoms with Crippen LogP contribution in [0.2, 0.25) is 0 Å². The molecule has 0 aliphatic heterocycles. The number of carbonyl (C=O) groups is 2. The van der Waals surface area contributed by atoms with Crippen molar-refractivity contribution < 1.29 is 31.9 Å². The van der Waals surface area contributed by atoms with Gasteiger partial charge < -0.3 is 15.0 Å². The minimum absolute atomic E-state index is 0.0135. The van der Waals surface area contributed by atoms with Gasteiger partial charge in [0.2, 0.25) is 0 Å². The molecule has 4 rings (SSSR count). The fourth-order valence-corrected chi connectivity index (χ4v) is 3.17. The Balaban J connectivity index is 1.49. The number of aromatic amines is 1. The van der Waals surface area contributed by atoms with Crippen molar-refractivity contribution in [2.45, 2.75) is 20.0 Å². The van der Waals surface area contributed by atoms with Crippen LogP contribution in [0.25, 0.3) is 22.4 Å². The Morgan fingerprint density at radius 3 is 2.26 bits per heavy atom. The lowest BCUT2D eigenvalue weighted by Crippen LogP contribution is -2.31. The molecule has 6 nitrogen and oxygen atoms in total. The molecule has 1 unspecified atom stereocenters. The molecule has 0 spiro atoms. The van der Waals surface area contributed by atoms with Gasteiger partial charge in [-0.05, 0) is 32.0 Å². The molecule has 1 heterocycles. The number of benzene rings is 3. The number of rotatable bonds is 5. The summed E-state index contributed by atoms with van der Waals surface area (Å²) in [7, 11) is 0. The van der Waals surface area contributed by atoms with Gasteiger partial charge in [-0.15, -0.1) is 0 Å². The molecular weight excluding hydrogens is 454 g/mol. The largest absolute Gasteiger partial charge is 0.449 e. The summed E-state index contributed by atoms with van der Waals surface area (Å²) < 4.78 is 59.3. The fraction of sp³-hybridized carbons (Fsp3) is 0.125. The Labute approximate surface area is 190 Å². The van der Waals surface area contributed by atoms with Crippen LogP contribution in [0.1, 0.15) is 22.8 Å². The average Bonchev–Trinajstić information content (AvgIpc) is 3.24. The minimum atomic E-state index is -1.78. The van der Waals surface area contributed by atoms with E-state index in [1.54, 1.807) is 11.4 Å². The number of aromatic nitrogens is 2. The summed E-state index contributed by atoms with van der Waals surface area (Å²) in [5.74, 6) is -8.41. The molecule has 2 N–H and O–H groups in total. The predicted molar refractivity (Wildman–Crippen MR) is 116 cm³/mol. The molecule has 0 saturated heterocycles. The first-order valence-electron chi connectivity index (χ1n) is 10.1. The molecule has 0 aliphatic carbocycles. The van der Waals surface area contributed by atoms with Crippen LogP contribution in [0.5, 0.6) is 0 Å². The Morgan fingerprint density at radius 1 is 0.971 bits per heavy atom. The van der Waals surface area contributed by atoms with Crippen molar-refractivity contribution in [3.8, 4) is 11.4 Å². The van der Waals surface area contributed by atoms with E-state index in [9.17, 15) is 27.2 Å². The van der Waals surface area contributed by atoms with Crippen LogP contribution in [0.15, 0.2) is 48.5 Å². The number of fused-ring (bicyclic) bond motifs is 1. The van der Waals surface area contributed by atoms with E-state index in [2.05, 4.69) is 9.97 Å². The number of nitrogens with one attached hydrogen (secondary N) is 2. The maximum absolute atomic E-state index is 13.8. The molecule has 0 fully saturated rings. The SMILES string of the molecule is Cc1ccc(-c2nc3ccc(C(=O)OC(C)C(=O)Nc4c(F)c(F)cc(F)c4F)cc3[nH]2)cc1. The molecule has 0 radical (unpaired) electrons. The monoisotopic (exact) mass is 471 g/mol. The van der Waals surface area contributed by atoms with Crippen molar-refractivity contribution in [2.75, 3.05) is 5.32 Å². The third kappa shape index (κ3) is 4.47. The quantitative estimate of drug-likeness (QED) is 0.236. The van der Waals surface area contributed by atoms with Crippen LogP contribution in [0.3, 0.4) is 0 Å². The lowest BCUT2D eigenvalue weighted by molar-refractivity contribution is -0.123. The van der Waals surface area contributed by atoms with Crippen LogP contribution in [-0.2, 0) is 9.53 Å². The van der Waals surface area contributed by atoms with Crippen molar-refractivity contribution in [2.24, 2.45) is 0 Å². The molecule has 3 aromatic carbocycles. The molecule has 174 valence electrons. The second-order valence-electron chi connectivity index (χ2n) is 7.56. The van der Waals surface area contributed by atoms with Crippen LogP contribution in [-0.4, -0.2) is 27.9 Å². The second-order valence-corrected chi connectivity index (χ2v) is 7.56. The fourth-order valence-electron chi connectivity index (χ4n) is 3.17. The molecular formula is C24H17F4N3O3. The van der Waals surface area contributed by atoms with E-state index in [0.717, 1.165) is 18.1 Å². The summed E-state index contributed by atoms with van der Waals surface area (Å²) in [5.41, 5.74) is 1.85. The highest BCUT2D eigenvalue weighted by Gasteiger charge is 2.25. The molecule has 1 aromatic heterocycles. The Morgan fingerprint density at radius 2 is 1.62 bits per heavy atom. The molecule has 4 aromatic rings. The third-order valence-electron chi connectivity index (χ3n) is 5.06. The van der Waals surface area contributed by atoms with E-state index in [0.29, 0.717) is 16.9 Å². The number of hydrogen-bond donors (Lipinski definition) is 2. The summed E-state index contributed by atoms with van der Waals surface area (Å²) in [6, 6.07) is 12.2. The van der Waals surface area contributed by atoms with Crippen molar-refractivity contribution >= 4 is 28.6 Å². The van der Waals surface area contributed by atoms with Gasteiger partial charge >= 0.3 is 5.97 Å². The van der Waals surface area contributed by atoms with Crippen LogP contribution >= 0.6 is 0 Å². The van der Waals surface area contributed by atoms with Gasteiger partial charge in [-0.2, -0.15) is 0 Å². The lowest BCUT2D eigenvalue weighted by Gasteiger charge is -2.14. The van der Waals surface area contributed by atoms with Crippen LogP contribution < -0.4 is 5.32 Å². The van der Waals surface area contributed by atoms with E-state index in [1.165, 1.54) is 12.1 Å². The Hall–Kier alpha value is -4.21. The summed E-state index contributed by atoms with van der Waals surface area (Å²) in [6.07, 6.45) is -1.53. The standard InChI is InChI=1S/C24H17F4N3O3/c1-11-3-5-13(6-4-11)22-29-17-8-7-14(9-18(17)30-22)24(33)34-12(2)23(32)31-21-19(27)15(25)10-16(26)20(21)28/h3-10,12H,1-2H3,(H,29,30)(H,31,32). The zero-order chi connectivity index (χ0) is 24.6. The Kier molecular flexibility index (Phi) is 6.06. The molecule has 1 atom stereocenters. The van der Waals surface area contributed by atoms with Gasteiger partial charge in [-0.25, -0.2) is 27.3 Å². The van der Waals surface area contributed by atoms with Crippen molar-refractivity contribution in [1.82, 2.24) is 9.97 Å². The van der Waals surface area contributed by atoms with Crippen LogP contribution in [0.4, 0.5) is 23.2 Å². The van der Waals surface area contributed by atoms with Crippen LogP contribution in [0, 0.1) is 30.2 Å². The lowest BCUT2D eigenvalue weighted by atomic mass is 10.1. The highest BCUT2D eigenvalue weighted by molar-refractivity contribution is 5.98. The van der Waals surface area contributed by atoms with Gasteiger partial charge in [-0.1, -0.05) is 29.8 Å². The average molecular weight is 471 g/mol. The normalized spacial score (nSPS) is 11.9. The number of ether oxygens (including phenoxy) is 1. The number of amides is 1. The number of anilines is 1. The first-order valence-corrected chi connectivity index (χ1v) is 10.1. The minimum Gasteiger partial charge on any atom is -0.449 e. The van der Waals surface area contributed by atoms with Gasteiger partial charge in [0.15, 0.2) is 29.4 Å². The molecule has 1 amide bonds. The van der Waals surface area contributed by atoms with E-state index in [1.807, 2.05) is 31.2 Å². The maximum atomic E-state index is 13.8. The summed E-state index contributed by atoms with van der Waals surface area (Å²) >= 11 is 0. The Bertz CT molecular complexity index is 1390.